The van der Waals surface area contributed by atoms with Gasteiger partial charge in [-0.05, 0) is 29.9 Å². The van der Waals surface area contributed by atoms with Gasteiger partial charge in [0.2, 0.25) is 5.95 Å². The van der Waals surface area contributed by atoms with Crippen LogP contribution < -0.4 is 10.9 Å². The second-order valence-electron chi connectivity index (χ2n) is 6.36. The molecule has 0 radical (unpaired) electrons. The fraction of sp³-hybridized carbons (Fsp3) is 0.278. The summed E-state index contributed by atoms with van der Waals surface area (Å²) in [6.07, 6.45) is 0.811. The molecule has 1 aliphatic carbocycles. The van der Waals surface area contributed by atoms with Crippen molar-refractivity contribution < 1.29 is 13.2 Å². The average molecular weight is 360 g/mol. The van der Waals surface area contributed by atoms with Crippen LogP contribution >= 0.6 is 0 Å². The van der Waals surface area contributed by atoms with Crippen molar-refractivity contribution in [2.45, 2.75) is 24.9 Å². The van der Waals surface area contributed by atoms with Gasteiger partial charge in [0.1, 0.15) is 6.54 Å². The smallest absolute Gasteiger partial charge is 0.345 e. The number of nitrogens with one attached hydrogen (secondary N) is 2. The van der Waals surface area contributed by atoms with Crippen molar-refractivity contribution in [3.63, 3.8) is 0 Å². The maximum absolute atomic E-state index is 12.4. The molecule has 0 saturated heterocycles. The molecule has 1 fully saturated rings. The van der Waals surface area contributed by atoms with Crippen molar-refractivity contribution in [2.24, 2.45) is 0 Å². The van der Waals surface area contributed by atoms with Crippen LogP contribution in [0.15, 0.2) is 41.5 Å². The number of benzene rings is 1. The van der Waals surface area contributed by atoms with E-state index in [9.17, 15) is 18.0 Å². The van der Waals surface area contributed by atoms with Crippen LogP contribution in [-0.2, 0) is 0 Å². The van der Waals surface area contributed by atoms with Crippen LogP contribution in [0.5, 0.6) is 0 Å². The summed E-state index contributed by atoms with van der Waals surface area (Å²) in [5.41, 5.74) is 2.18. The van der Waals surface area contributed by atoms with Gasteiger partial charge in [-0.25, -0.2) is 9.97 Å². The van der Waals surface area contributed by atoms with E-state index in [0.717, 1.165) is 0 Å². The Kier molecular flexibility index (Phi) is 3.90. The number of nitrogens with zero attached hydrogens (tertiary/aromatic N) is 2. The van der Waals surface area contributed by atoms with E-state index >= 15 is 0 Å². The molecule has 8 heteroatoms. The zero-order chi connectivity index (χ0) is 18.3. The van der Waals surface area contributed by atoms with Crippen molar-refractivity contribution in [2.75, 3.05) is 11.9 Å². The van der Waals surface area contributed by atoms with Crippen molar-refractivity contribution in [3.8, 4) is 11.1 Å². The van der Waals surface area contributed by atoms with Crippen LogP contribution in [0.3, 0.4) is 0 Å². The lowest BCUT2D eigenvalue weighted by Gasteiger charge is -2.10. The highest BCUT2D eigenvalue weighted by Crippen LogP contribution is 2.40. The molecular weight excluding hydrogens is 345 g/mol. The van der Waals surface area contributed by atoms with Crippen molar-refractivity contribution in [3.05, 3.63) is 52.6 Å². The third kappa shape index (κ3) is 3.40. The Labute approximate surface area is 146 Å². The van der Waals surface area contributed by atoms with Gasteiger partial charge in [0.15, 0.2) is 0 Å². The van der Waals surface area contributed by atoms with Crippen molar-refractivity contribution >= 4 is 16.9 Å². The molecule has 1 aliphatic rings. The number of alkyl halides is 3. The molecule has 2 N–H and O–H groups in total. The largest absolute Gasteiger partial charge is 0.405 e. The molecule has 1 saturated carbocycles. The maximum atomic E-state index is 12.4. The number of pyridine rings is 1. The average Bonchev–Trinajstić information content (AvgIpc) is 3.44. The van der Waals surface area contributed by atoms with E-state index in [1.54, 1.807) is 0 Å². The third-order valence-electron chi connectivity index (χ3n) is 4.33. The van der Waals surface area contributed by atoms with E-state index < -0.39 is 12.7 Å². The van der Waals surface area contributed by atoms with Gasteiger partial charge in [0.25, 0.3) is 5.56 Å². The summed E-state index contributed by atoms with van der Waals surface area (Å²) in [4.78, 5) is 23.0. The minimum Gasteiger partial charge on any atom is -0.345 e. The Morgan fingerprint density at radius 2 is 1.92 bits per heavy atom. The molecule has 0 bridgehead atoms. The van der Waals surface area contributed by atoms with Crippen LogP contribution in [0.1, 0.15) is 24.3 Å². The van der Waals surface area contributed by atoms with Crippen molar-refractivity contribution in [1.29, 1.82) is 0 Å². The monoisotopic (exact) mass is 360 g/mol. The molecular formula is C18H15F3N4O. The van der Waals surface area contributed by atoms with Gasteiger partial charge < -0.3 is 10.3 Å². The highest BCUT2D eigenvalue weighted by Gasteiger charge is 2.27. The molecule has 0 atom stereocenters. The summed E-state index contributed by atoms with van der Waals surface area (Å²) >= 11 is 0. The molecule has 134 valence electrons. The lowest BCUT2D eigenvalue weighted by atomic mass is 10.0. The Balaban J connectivity index is 1.76. The van der Waals surface area contributed by atoms with Gasteiger partial charge in [-0.15, -0.1) is 0 Å². The normalized spacial score (nSPS) is 14.6. The Hall–Kier alpha value is -2.90. The van der Waals surface area contributed by atoms with Crippen LogP contribution in [0.25, 0.3) is 22.0 Å². The number of anilines is 1. The zero-order valence-corrected chi connectivity index (χ0v) is 13.6. The molecule has 1 aromatic carbocycles. The number of halogens is 3. The number of fused-ring (bicyclic) bond motifs is 1. The topological polar surface area (TPSA) is 70.7 Å². The number of hydrogen-bond acceptors (Lipinski definition) is 4. The summed E-state index contributed by atoms with van der Waals surface area (Å²) in [7, 11) is 0. The molecule has 2 aromatic heterocycles. The van der Waals surface area contributed by atoms with E-state index in [4.69, 9.17) is 0 Å². The maximum Gasteiger partial charge on any atom is 0.405 e. The second-order valence-corrected chi connectivity index (χ2v) is 6.36. The fourth-order valence-corrected chi connectivity index (χ4v) is 2.89. The minimum atomic E-state index is -4.38. The first kappa shape index (κ1) is 16.6. The molecule has 3 aromatic rings. The molecule has 0 aliphatic heterocycles. The van der Waals surface area contributed by atoms with Gasteiger partial charge in [0.05, 0.1) is 11.1 Å². The predicted octanol–water partition coefficient (Wildman–Crippen LogP) is 3.84. The molecule has 5 nitrogen and oxygen atoms in total. The lowest BCUT2D eigenvalue weighted by Crippen LogP contribution is -2.22. The van der Waals surface area contributed by atoms with Gasteiger partial charge in [-0.1, -0.05) is 24.3 Å². The van der Waals surface area contributed by atoms with Gasteiger partial charge in [-0.3, -0.25) is 4.79 Å². The van der Waals surface area contributed by atoms with E-state index in [0.29, 0.717) is 27.9 Å². The molecule has 0 amide bonds. The van der Waals surface area contributed by atoms with Gasteiger partial charge in [0, 0.05) is 17.8 Å². The summed E-state index contributed by atoms with van der Waals surface area (Å²) in [5.74, 6) is 0.423. The van der Waals surface area contributed by atoms with Gasteiger partial charge in [-0.2, -0.15) is 13.2 Å². The molecule has 4 rings (SSSR count). The Morgan fingerprint density at radius 1 is 1.19 bits per heavy atom. The van der Waals surface area contributed by atoms with Gasteiger partial charge >= 0.3 is 6.18 Å². The first-order valence-corrected chi connectivity index (χ1v) is 8.20. The molecule has 0 unspecified atom stereocenters. The summed E-state index contributed by atoms with van der Waals surface area (Å²) in [6, 6.07) is 7.66. The molecule has 2 heterocycles. The van der Waals surface area contributed by atoms with Crippen LogP contribution in [0.4, 0.5) is 19.1 Å². The minimum absolute atomic E-state index is 0.170. The quantitative estimate of drug-likeness (QED) is 0.742. The summed E-state index contributed by atoms with van der Waals surface area (Å²) in [6.45, 7) is -1.24. The summed E-state index contributed by atoms with van der Waals surface area (Å²) < 4.78 is 37.2. The number of hydrogen-bond donors (Lipinski definition) is 2. The van der Waals surface area contributed by atoms with E-state index in [1.807, 2.05) is 24.3 Å². The highest BCUT2D eigenvalue weighted by atomic mass is 19.4. The predicted molar refractivity (Wildman–Crippen MR) is 92.1 cm³/mol. The number of aromatic nitrogens is 3. The molecule has 26 heavy (non-hydrogen) atoms. The molecule has 0 spiro atoms. The third-order valence-corrected chi connectivity index (χ3v) is 4.33. The van der Waals surface area contributed by atoms with Crippen LogP contribution in [-0.4, -0.2) is 27.7 Å². The SMILES string of the molecule is O=c1[nH]cc2cnc(NCC(F)(F)F)nc2c1-c1ccc(C2CC2)cc1. The Morgan fingerprint density at radius 3 is 2.58 bits per heavy atom. The first-order valence-electron chi connectivity index (χ1n) is 8.20. The highest BCUT2D eigenvalue weighted by molar-refractivity contribution is 5.92. The van der Waals surface area contributed by atoms with Crippen LogP contribution in [0, 0.1) is 0 Å². The fourth-order valence-electron chi connectivity index (χ4n) is 2.89. The second kappa shape index (κ2) is 6.12. The first-order chi connectivity index (χ1) is 12.4. The number of rotatable bonds is 4. The number of H-pyrrole nitrogens is 1. The lowest BCUT2D eigenvalue weighted by molar-refractivity contribution is -0.115. The van der Waals surface area contributed by atoms with E-state index in [1.165, 1.54) is 30.8 Å². The van der Waals surface area contributed by atoms with E-state index in [-0.39, 0.29) is 11.5 Å². The van der Waals surface area contributed by atoms with Crippen molar-refractivity contribution in [1.82, 2.24) is 15.0 Å². The summed E-state index contributed by atoms with van der Waals surface area (Å²) in [5, 5.41) is 2.69. The zero-order valence-electron chi connectivity index (χ0n) is 13.6. The van der Waals surface area contributed by atoms with E-state index in [2.05, 4.69) is 20.3 Å². The number of aromatic amines is 1. The Bertz CT molecular complexity index is 1010. The van der Waals surface area contributed by atoms with Crippen LogP contribution in [0.2, 0.25) is 0 Å². The standard InChI is InChI=1S/C18H15F3N4O/c19-18(20,21)9-24-17-23-8-13-7-22-16(26)14(15(13)25-17)12-5-3-11(4-6-12)10-1-2-10/h3-8,10H,1-2,9H2,(H,22,26)(H,23,24,25).